The van der Waals surface area contributed by atoms with Crippen molar-refractivity contribution in [3.8, 4) is 0 Å². The molecular weight excluding hydrogens is 432 g/mol. The Balaban J connectivity index is 1.26. The molecule has 176 valence electrons. The number of fused-ring (bicyclic) bond motifs is 1. The second-order valence-electron chi connectivity index (χ2n) is 9.71. The van der Waals surface area contributed by atoms with Crippen LogP contribution in [0.5, 0.6) is 0 Å². The zero-order chi connectivity index (χ0) is 23.9. The molecule has 1 N–H and O–H groups in total. The molecule has 1 aromatic carbocycles. The number of carbonyl (C=O) groups excluding carboxylic acids is 2. The number of ether oxygens (including phenoxy) is 1. The smallest absolute Gasteiger partial charge is 0.410 e. The van der Waals surface area contributed by atoms with Gasteiger partial charge in [-0.1, -0.05) is 18.2 Å². The predicted octanol–water partition coefficient (Wildman–Crippen LogP) is 3.62. The highest BCUT2D eigenvalue weighted by Crippen LogP contribution is 2.33. The van der Waals surface area contributed by atoms with E-state index in [0.29, 0.717) is 38.4 Å². The number of nitrogens with one attached hydrogen (secondary N) is 1. The Morgan fingerprint density at radius 3 is 2.56 bits per heavy atom. The van der Waals surface area contributed by atoms with E-state index in [1.165, 1.54) is 0 Å². The molecule has 3 aromatic rings. The summed E-state index contributed by atoms with van der Waals surface area (Å²) < 4.78 is 5.48. The van der Waals surface area contributed by atoms with Gasteiger partial charge in [0.25, 0.3) is 5.91 Å². The highest BCUT2D eigenvalue weighted by molar-refractivity contribution is 5.94. The lowest BCUT2D eigenvalue weighted by Gasteiger charge is -2.39. The molecule has 0 saturated carbocycles. The summed E-state index contributed by atoms with van der Waals surface area (Å²) in [6.07, 6.45) is 5.78. The number of nitrogens with zero attached hydrogens (tertiary/aromatic N) is 5. The van der Waals surface area contributed by atoms with Gasteiger partial charge in [-0.3, -0.25) is 14.8 Å². The molecule has 2 aliphatic rings. The number of rotatable bonds is 3. The number of amides is 2. The van der Waals surface area contributed by atoms with Crippen LogP contribution >= 0.6 is 0 Å². The highest BCUT2D eigenvalue weighted by atomic mass is 16.6. The molecule has 1 fully saturated rings. The third-order valence-electron chi connectivity index (χ3n) is 6.04. The molecule has 5 rings (SSSR count). The van der Waals surface area contributed by atoms with Crippen LogP contribution in [-0.2, 0) is 4.74 Å². The molecule has 0 bridgehead atoms. The number of hydrogen-bond acceptors (Lipinski definition) is 6. The van der Waals surface area contributed by atoms with Crippen LogP contribution in [0.4, 0.5) is 4.79 Å². The largest absolute Gasteiger partial charge is 0.444 e. The average Bonchev–Trinajstić information content (AvgIpc) is 3.22. The minimum absolute atomic E-state index is 0.109. The Bertz CT molecular complexity index is 1240. The lowest BCUT2D eigenvalue weighted by atomic mass is 9.90. The SMILES string of the molecule is CC(C)(C)OC(=O)N1CC=C(c2nccnc2C2CN(C(=O)c3nc4ccccc4[nH]3)C2)CC1. The van der Waals surface area contributed by atoms with Crippen LogP contribution in [0.25, 0.3) is 16.6 Å². The summed E-state index contributed by atoms with van der Waals surface area (Å²) >= 11 is 0. The van der Waals surface area contributed by atoms with Gasteiger partial charge in [-0.25, -0.2) is 9.78 Å². The standard InChI is InChI=1S/C25H28N6O3/c1-25(2,3)34-24(33)30-12-8-16(9-13-30)20-21(27-11-10-26-20)17-14-31(15-17)23(32)22-28-18-6-4-5-7-19(18)29-22/h4-8,10-11,17H,9,12-15H2,1-3H3,(H,28,29). The first-order valence-electron chi connectivity index (χ1n) is 11.5. The van der Waals surface area contributed by atoms with E-state index >= 15 is 0 Å². The summed E-state index contributed by atoms with van der Waals surface area (Å²) in [6, 6.07) is 7.61. The Hall–Kier alpha value is -3.75. The predicted molar refractivity (Wildman–Crippen MR) is 127 cm³/mol. The first-order valence-corrected chi connectivity index (χ1v) is 11.5. The van der Waals surface area contributed by atoms with Gasteiger partial charge in [0, 0.05) is 44.5 Å². The summed E-state index contributed by atoms with van der Waals surface area (Å²) in [5.74, 6) is 0.362. The van der Waals surface area contributed by atoms with E-state index in [-0.39, 0.29) is 17.9 Å². The maximum atomic E-state index is 12.9. The molecule has 0 unspecified atom stereocenters. The number of carbonyl (C=O) groups is 2. The molecule has 0 aliphatic carbocycles. The first kappa shape index (κ1) is 22.1. The molecule has 2 amide bonds. The zero-order valence-corrected chi connectivity index (χ0v) is 19.6. The van der Waals surface area contributed by atoms with Gasteiger partial charge in [0.1, 0.15) is 5.60 Å². The molecule has 0 spiro atoms. The molecule has 4 heterocycles. The highest BCUT2D eigenvalue weighted by Gasteiger charge is 2.36. The van der Waals surface area contributed by atoms with Crippen molar-refractivity contribution in [3.63, 3.8) is 0 Å². The van der Waals surface area contributed by atoms with Gasteiger partial charge in [0.15, 0.2) is 5.82 Å². The van der Waals surface area contributed by atoms with Crippen molar-refractivity contribution in [1.82, 2.24) is 29.7 Å². The number of hydrogen-bond donors (Lipinski definition) is 1. The van der Waals surface area contributed by atoms with Crippen LogP contribution in [0, 0.1) is 0 Å². The van der Waals surface area contributed by atoms with Gasteiger partial charge in [0.05, 0.1) is 22.4 Å². The number of likely N-dealkylation sites (tertiary alicyclic amines) is 1. The Kier molecular flexibility index (Phi) is 5.55. The Morgan fingerprint density at radius 2 is 1.85 bits per heavy atom. The van der Waals surface area contributed by atoms with E-state index in [9.17, 15) is 9.59 Å². The second-order valence-corrected chi connectivity index (χ2v) is 9.71. The number of para-hydroxylation sites is 2. The number of H-pyrrole nitrogens is 1. The minimum atomic E-state index is -0.519. The second kappa shape index (κ2) is 8.55. The number of benzene rings is 1. The number of aromatic nitrogens is 4. The van der Waals surface area contributed by atoms with Gasteiger partial charge >= 0.3 is 6.09 Å². The monoisotopic (exact) mass is 460 g/mol. The van der Waals surface area contributed by atoms with Crippen LogP contribution in [0.15, 0.2) is 42.7 Å². The van der Waals surface area contributed by atoms with Crippen molar-refractivity contribution in [2.24, 2.45) is 0 Å². The van der Waals surface area contributed by atoms with Gasteiger partial charge < -0.3 is 19.5 Å². The molecule has 0 atom stereocenters. The lowest BCUT2D eigenvalue weighted by molar-refractivity contribution is 0.0270. The van der Waals surface area contributed by atoms with Crippen LogP contribution < -0.4 is 0 Å². The molecule has 0 radical (unpaired) electrons. The summed E-state index contributed by atoms with van der Waals surface area (Å²) in [7, 11) is 0. The van der Waals surface area contributed by atoms with Gasteiger partial charge in [-0.05, 0) is 44.9 Å². The molecule has 34 heavy (non-hydrogen) atoms. The quantitative estimate of drug-likeness (QED) is 0.640. The summed E-state index contributed by atoms with van der Waals surface area (Å²) in [5, 5.41) is 0. The van der Waals surface area contributed by atoms with Gasteiger partial charge in [0.2, 0.25) is 0 Å². The topological polar surface area (TPSA) is 104 Å². The normalized spacial score (nSPS) is 16.9. The lowest BCUT2D eigenvalue weighted by Crippen LogP contribution is -2.49. The van der Waals surface area contributed by atoms with Crippen molar-refractivity contribution in [1.29, 1.82) is 0 Å². The maximum Gasteiger partial charge on any atom is 0.410 e. The minimum Gasteiger partial charge on any atom is -0.444 e. The van der Waals surface area contributed by atoms with E-state index in [2.05, 4.69) is 19.9 Å². The summed E-state index contributed by atoms with van der Waals surface area (Å²) in [6.45, 7) is 7.77. The van der Waals surface area contributed by atoms with E-state index in [1.54, 1.807) is 22.2 Å². The van der Waals surface area contributed by atoms with Crippen molar-refractivity contribution in [2.75, 3.05) is 26.2 Å². The molecule has 9 heteroatoms. The van der Waals surface area contributed by atoms with Crippen LogP contribution in [0.1, 0.15) is 55.1 Å². The Labute approximate surface area is 197 Å². The number of imidazole rings is 1. The Morgan fingerprint density at radius 1 is 1.09 bits per heavy atom. The number of aromatic amines is 1. The van der Waals surface area contributed by atoms with Crippen molar-refractivity contribution in [3.05, 3.63) is 59.9 Å². The summed E-state index contributed by atoms with van der Waals surface area (Å²) in [4.78, 5) is 45.5. The molecule has 2 aliphatic heterocycles. The molecule has 9 nitrogen and oxygen atoms in total. The van der Waals surface area contributed by atoms with E-state index in [0.717, 1.165) is 28.0 Å². The maximum absolute atomic E-state index is 12.9. The molecule has 2 aromatic heterocycles. The summed E-state index contributed by atoms with van der Waals surface area (Å²) in [5.41, 5.74) is 3.94. The van der Waals surface area contributed by atoms with Crippen molar-refractivity contribution in [2.45, 2.75) is 38.7 Å². The molecule has 1 saturated heterocycles. The van der Waals surface area contributed by atoms with E-state index < -0.39 is 5.60 Å². The van der Waals surface area contributed by atoms with Gasteiger partial charge in [-0.15, -0.1) is 0 Å². The fourth-order valence-corrected chi connectivity index (χ4v) is 4.29. The average molecular weight is 461 g/mol. The third-order valence-corrected chi connectivity index (χ3v) is 6.04. The van der Waals surface area contributed by atoms with Gasteiger partial charge in [-0.2, -0.15) is 0 Å². The molecular formula is C25H28N6O3. The van der Waals surface area contributed by atoms with Crippen molar-refractivity contribution >= 4 is 28.6 Å². The van der Waals surface area contributed by atoms with Crippen molar-refractivity contribution < 1.29 is 14.3 Å². The van der Waals surface area contributed by atoms with E-state index in [4.69, 9.17) is 4.74 Å². The van der Waals surface area contributed by atoms with Crippen LogP contribution in [0.2, 0.25) is 0 Å². The first-order chi connectivity index (χ1) is 16.3. The zero-order valence-electron chi connectivity index (χ0n) is 19.6. The van der Waals surface area contributed by atoms with Crippen LogP contribution in [-0.4, -0.2) is 73.5 Å². The fraction of sp³-hybridized carbons (Fsp3) is 0.400. The van der Waals surface area contributed by atoms with E-state index in [1.807, 2.05) is 51.1 Å². The van der Waals surface area contributed by atoms with Crippen LogP contribution in [0.3, 0.4) is 0 Å². The fourth-order valence-electron chi connectivity index (χ4n) is 4.29. The third kappa shape index (κ3) is 4.37.